The van der Waals surface area contributed by atoms with Gasteiger partial charge in [0.2, 0.25) is 0 Å². The molecule has 0 saturated heterocycles. The number of nitrogens with one attached hydrogen (secondary N) is 1. The van der Waals surface area contributed by atoms with Gasteiger partial charge in [0.1, 0.15) is 5.69 Å². The van der Waals surface area contributed by atoms with Crippen LogP contribution in [0.5, 0.6) is 0 Å². The quantitative estimate of drug-likeness (QED) is 0.500. The smallest absolute Gasteiger partial charge is 0.292 e. The van der Waals surface area contributed by atoms with Crippen LogP contribution in [-0.4, -0.2) is 22.2 Å². The number of hydrogen-bond donors (Lipinski definition) is 2. The molecule has 1 fully saturated rings. The predicted molar refractivity (Wildman–Crippen MR) is 74.3 cm³/mol. The minimum atomic E-state index is -0.428. The summed E-state index contributed by atoms with van der Waals surface area (Å²) in [5, 5.41) is 24.3. The average Bonchev–Trinajstić information content (AvgIpc) is 2.55. The fourth-order valence-corrected chi connectivity index (χ4v) is 2.58. The zero-order valence-electron chi connectivity index (χ0n) is 11.1. The molecule has 0 spiro atoms. The second-order valence-corrected chi connectivity index (χ2v) is 5.23. The van der Waals surface area contributed by atoms with Crippen molar-refractivity contribution >= 4 is 11.4 Å². The summed E-state index contributed by atoms with van der Waals surface area (Å²) in [6.45, 7) is 1.90. The maximum Gasteiger partial charge on any atom is 0.292 e. The molecule has 104 valence electrons. The molecule has 19 heavy (non-hydrogen) atoms. The van der Waals surface area contributed by atoms with E-state index in [0.29, 0.717) is 5.69 Å². The van der Waals surface area contributed by atoms with Crippen molar-refractivity contribution in [2.45, 2.75) is 51.2 Å². The normalized spacial score (nSPS) is 23.7. The van der Waals surface area contributed by atoms with Crippen molar-refractivity contribution < 1.29 is 10.0 Å². The lowest BCUT2D eigenvalue weighted by Gasteiger charge is -2.23. The molecule has 1 aliphatic rings. The second kappa shape index (κ2) is 6.02. The van der Waals surface area contributed by atoms with Crippen molar-refractivity contribution in [3.8, 4) is 0 Å². The van der Waals surface area contributed by atoms with Gasteiger partial charge in [-0.05, 0) is 31.4 Å². The monoisotopic (exact) mass is 264 g/mol. The van der Waals surface area contributed by atoms with Gasteiger partial charge in [-0.3, -0.25) is 10.1 Å². The Kier molecular flexibility index (Phi) is 4.37. The van der Waals surface area contributed by atoms with Crippen molar-refractivity contribution in [3.63, 3.8) is 0 Å². The van der Waals surface area contributed by atoms with E-state index in [2.05, 4.69) is 5.32 Å². The van der Waals surface area contributed by atoms with E-state index in [0.717, 1.165) is 37.7 Å². The Bertz CT molecular complexity index is 462. The molecule has 0 aliphatic heterocycles. The minimum Gasteiger partial charge on any atom is -0.391 e. The molecule has 5 nitrogen and oxygen atoms in total. The summed E-state index contributed by atoms with van der Waals surface area (Å²) in [5.74, 6) is 0. The second-order valence-electron chi connectivity index (χ2n) is 5.23. The van der Waals surface area contributed by atoms with Crippen molar-refractivity contribution in [3.05, 3.63) is 33.9 Å². The van der Waals surface area contributed by atoms with Gasteiger partial charge in [0.05, 0.1) is 17.1 Å². The highest BCUT2D eigenvalue weighted by molar-refractivity contribution is 5.63. The van der Waals surface area contributed by atoms with Crippen LogP contribution in [0.25, 0.3) is 0 Å². The van der Waals surface area contributed by atoms with Crippen LogP contribution in [0, 0.1) is 17.0 Å². The summed E-state index contributed by atoms with van der Waals surface area (Å²) in [6.07, 6.45) is 4.38. The number of nitrogens with zero attached hydrogens (tertiary/aromatic N) is 1. The fraction of sp³-hybridized carbons (Fsp3) is 0.571. The van der Waals surface area contributed by atoms with Crippen molar-refractivity contribution in [1.82, 2.24) is 0 Å². The Morgan fingerprint density at radius 3 is 2.79 bits per heavy atom. The molecule has 2 rings (SSSR count). The first-order valence-corrected chi connectivity index (χ1v) is 6.77. The summed E-state index contributed by atoms with van der Waals surface area (Å²) in [7, 11) is 0. The molecule has 0 aromatic heterocycles. The molecule has 1 aromatic rings. The first kappa shape index (κ1) is 13.8. The Morgan fingerprint density at radius 2 is 2.05 bits per heavy atom. The van der Waals surface area contributed by atoms with E-state index >= 15 is 0 Å². The number of hydrogen-bond acceptors (Lipinski definition) is 4. The standard InChI is InChI=1S/C14H20N2O3/c1-10-7-8-13(16(18)19)12(9-10)15-11-5-3-2-4-6-14(11)17/h7-9,11,14-15,17H,2-6H2,1H3. The van der Waals surface area contributed by atoms with Gasteiger partial charge in [0.15, 0.2) is 0 Å². The molecule has 1 saturated carbocycles. The van der Waals surface area contributed by atoms with Gasteiger partial charge in [-0.25, -0.2) is 0 Å². The number of benzene rings is 1. The van der Waals surface area contributed by atoms with Crippen LogP contribution in [0.4, 0.5) is 11.4 Å². The SMILES string of the molecule is Cc1ccc([N+](=O)[O-])c(NC2CCCCCC2O)c1. The third-order valence-electron chi connectivity index (χ3n) is 3.67. The highest BCUT2D eigenvalue weighted by Gasteiger charge is 2.24. The maximum absolute atomic E-state index is 11.0. The summed E-state index contributed by atoms with van der Waals surface area (Å²) in [4.78, 5) is 10.6. The third kappa shape index (κ3) is 3.44. The molecule has 2 atom stereocenters. The van der Waals surface area contributed by atoms with Gasteiger partial charge in [-0.1, -0.05) is 25.3 Å². The summed E-state index contributed by atoms with van der Waals surface area (Å²) in [6, 6.07) is 4.92. The molecule has 1 aromatic carbocycles. The molecule has 2 unspecified atom stereocenters. The topological polar surface area (TPSA) is 75.4 Å². The highest BCUT2D eigenvalue weighted by atomic mass is 16.6. The number of aliphatic hydroxyl groups excluding tert-OH is 1. The van der Waals surface area contributed by atoms with Gasteiger partial charge >= 0.3 is 0 Å². The number of rotatable bonds is 3. The van der Waals surface area contributed by atoms with Gasteiger partial charge < -0.3 is 10.4 Å². The van der Waals surface area contributed by atoms with E-state index in [1.54, 1.807) is 12.1 Å². The number of aryl methyl sites for hydroxylation is 1. The van der Waals surface area contributed by atoms with E-state index in [4.69, 9.17) is 0 Å². The number of aliphatic hydroxyl groups is 1. The molecule has 0 radical (unpaired) electrons. The summed E-state index contributed by atoms with van der Waals surface area (Å²) >= 11 is 0. The van der Waals surface area contributed by atoms with Crippen LogP contribution >= 0.6 is 0 Å². The number of nitro groups is 1. The van der Waals surface area contributed by atoms with Crippen LogP contribution in [-0.2, 0) is 0 Å². The van der Waals surface area contributed by atoms with Gasteiger partial charge in [-0.15, -0.1) is 0 Å². The van der Waals surface area contributed by atoms with Gasteiger partial charge in [0, 0.05) is 6.07 Å². The minimum absolute atomic E-state index is 0.0713. The van der Waals surface area contributed by atoms with Crippen LogP contribution in [0.3, 0.4) is 0 Å². The summed E-state index contributed by atoms with van der Waals surface area (Å²) < 4.78 is 0. The lowest BCUT2D eigenvalue weighted by Crippen LogP contribution is -2.32. The lowest BCUT2D eigenvalue weighted by molar-refractivity contribution is -0.384. The Morgan fingerprint density at radius 1 is 1.32 bits per heavy atom. The molecule has 5 heteroatoms. The van der Waals surface area contributed by atoms with Gasteiger partial charge in [0.25, 0.3) is 5.69 Å². The van der Waals surface area contributed by atoms with E-state index < -0.39 is 6.10 Å². The van der Waals surface area contributed by atoms with E-state index in [9.17, 15) is 15.2 Å². The van der Waals surface area contributed by atoms with Crippen molar-refractivity contribution in [2.24, 2.45) is 0 Å². The van der Waals surface area contributed by atoms with E-state index in [1.165, 1.54) is 6.07 Å². The van der Waals surface area contributed by atoms with Crippen molar-refractivity contribution in [2.75, 3.05) is 5.32 Å². The zero-order chi connectivity index (χ0) is 13.8. The maximum atomic E-state index is 11.0. The van der Waals surface area contributed by atoms with E-state index in [1.807, 2.05) is 6.92 Å². The Labute approximate surface area is 112 Å². The molecule has 0 heterocycles. The average molecular weight is 264 g/mol. The summed E-state index contributed by atoms with van der Waals surface area (Å²) in [5.41, 5.74) is 1.55. The molecule has 2 N–H and O–H groups in total. The molecular weight excluding hydrogens is 244 g/mol. The van der Waals surface area contributed by atoms with Crippen molar-refractivity contribution in [1.29, 1.82) is 0 Å². The fourth-order valence-electron chi connectivity index (χ4n) is 2.58. The highest BCUT2D eigenvalue weighted by Crippen LogP contribution is 2.29. The van der Waals surface area contributed by atoms with Crippen LogP contribution < -0.4 is 5.32 Å². The van der Waals surface area contributed by atoms with Crippen LogP contribution in [0.15, 0.2) is 18.2 Å². The Balaban J connectivity index is 2.21. The lowest BCUT2D eigenvalue weighted by atomic mass is 10.0. The number of anilines is 1. The Hall–Kier alpha value is -1.62. The largest absolute Gasteiger partial charge is 0.391 e. The van der Waals surface area contributed by atoms with Gasteiger partial charge in [-0.2, -0.15) is 0 Å². The zero-order valence-corrected chi connectivity index (χ0v) is 11.1. The first-order valence-electron chi connectivity index (χ1n) is 6.77. The molecule has 0 amide bonds. The molecular formula is C14H20N2O3. The van der Waals surface area contributed by atoms with Crippen LogP contribution in [0.2, 0.25) is 0 Å². The first-order chi connectivity index (χ1) is 9.08. The molecule has 0 bridgehead atoms. The number of nitro benzene ring substituents is 1. The predicted octanol–water partition coefficient (Wildman–Crippen LogP) is 3.01. The molecule has 1 aliphatic carbocycles. The van der Waals surface area contributed by atoms with Crippen LogP contribution in [0.1, 0.15) is 37.7 Å². The van der Waals surface area contributed by atoms with E-state index in [-0.39, 0.29) is 16.7 Å². The third-order valence-corrected chi connectivity index (χ3v) is 3.67.